The number of aryl methyl sites for hydroxylation is 1. The number of fused-ring (bicyclic) bond motifs is 3. The maximum absolute atomic E-state index is 12.7. The highest BCUT2D eigenvalue weighted by atomic mass is 16.5. The van der Waals surface area contributed by atoms with Crippen LogP contribution in [0.3, 0.4) is 0 Å². The second-order valence-corrected chi connectivity index (χ2v) is 11.1. The van der Waals surface area contributed by atoms with Gasteiger partial charge in [0, 0.05) is 5.56 Å². The molecule has 5 unspecified atom stereocenters. The zero-order valence-electron chi connectivity index (χ0n) is 20.0. The van der Waals surface area contributed by atoms with Gasteiger partial charge < -0.3 is 14.3 Å². The monoisotopic (exact) mass is 426 g/mol. The van der Waals surface area contributed by atoms with Crippen molar-refractivity contribution in [2.75, 3.05) is 0 Å². The van der Waals surface area contributed by atoms with Gasteiger partial charge >= 0.3 is 5.63 Å². The molecule has 2 heterocycles. The van der Waals surface area contributed by atoms with Crippen LogP contribution in [0.1, 0.15) is 76.7 Å². The summed E-state index contributed by atoms with van der Waals surface area (Å²) in [5, 5.41) is 10.8. The lowest BCUT2D eigenvalue weighted by Crippen LogP contribution is -2.54. The van der Waals surface area contributed by atoms with Gasteiger partial charge in [0.2, 0.25) is 0 Å². The fourth-order valence-corrected chi connectivity index (χ4v) is 7.16. The maximum Gasteiger partial charge on any atom is 0.342 e. The zero-order chi connectivity index (χ0) is 22.7. The second kappa shape index (κ2) is 7.65. The fourth-order valence-electron chi connectivity index (χ4n) is 7.16. The molecule has 4 heteroatoms. The van der Waals surface area contributed by atoms with Crippen molar-refractivity contribution >= 4 is 0 Å². The van der Waals surface area contributed by atoms with E-state index in [2.05, 4.69) is 40.3 Å². The molecule has 0 amide bonds. The standard InChI is InChI=1S/C27H38O4/c1-15(2)12-19-14-27(7)22-9-8-16(3)21(26(22,6)11-10-23(27)31-19)13-20-24(28)17(4)18(5)30-25(20)29/h12,19,21-23,28H,3,8-11,13-14H2,1-2,4-7H3/t19-,21?,22?,23?,26?,27?/m1/s1. The van der Waals surface area contributed by atoms with E-state index in [1.54, 1.807) is 6.92 Å². The van der Waals surface area contributed by atoms with E-state index < -0.39 is 5.63 Å². The first-order valence-corrected chi connectivity index (χ1v) is 11.8. The maximum atomic E-state index is 12.7. The van der Waals surface area contributed by atoms with Gasteiger partial charge in [-0.2, -0.15) is 0 Å². The van der Waals surface area contributed by atoms with Gasteiger partial charge in [-0.3, -0.25) is 0 Å². The van der Waals surface area contributed by atoms with E-state index in [-0.39, 0.29) is 28.6 Å². The van der Waals surface area contributed by atoms with Gasteiger partial charge in [-0.1, -0.05) is 37.6 Å². The van der Waals surface area contributed by atoms with Crippen molar-refractivity contribution < 1.29 is 14.3 Å². The van der Waals surface area contributed by atoms with Crippen LogP contribution in [0.25, 0.3) is 0 Å². The summed E-state index contributed by atoms with van der Waals surface area (Å²) in [7, 11) is 0. The van der Waals surface area contributed by atoms with Gasteiger partial charge in [-0.25, -0.2) is 4.79 Å². The Bertz CT molecular complexity index is 982. The molecule has 2 saturated carbocycles. The van der Waals surface area contributed by atoms with Crippen LogP contribution < -0.4 is 5.63 Å². The molecule has 170 valence electrons. The smallest absolute Gasteiger partial charge is 0.342 e. The summed E-state index contributed by atoms with van der Waals surface area (Å²) in [6, 6.07) is 0. The summed E-state index contributed by atoms with van der Waals surface area (Å²) in [6.07, 6.45) is 8.50. The average molecular weight is 427 g/mol. The molecule has 0 aromatic carbocycles. The van der Waals surface area contributed by atoms with Crippen LogP contribution in [0.5, 0.6) is 5.75 Å². The average Bonchev–Trinajstić information content (AvgIpc) is 2.99. The first kappa shape index (κ1) is 22.4. The van der Waals surface area contributed by atoms with Crippen LogP contribution in [0.15, 0.2) is 33.0 Å². The molecule has 4 rings (SSSR count). The van der Waals surface area contributed by atoms with E-state index in [1.165, 1.54) is 11.1 Å². The number of allylic oxidation sites excluding steroid dienone is 2. The van der Waals surface area contributed by atoms with Crippen molar-refractivity contribution in [1.82, 2.24) is 0 Å². The van der Waals surface area contributed by atoms with E-state index in [9.17, 15) is 9.90 Å². The minimum atomic E-state index is -0.410. The predicted molar refractivity (Wildman–Crippen MR) is 123 cm³/mol. The van der Waals surface area contributed by atoms with Crippen molar-refractivity contribution in [3.63, 3.8) is 0 Å². The summed E-state index contributed by atoms with van der Waals surface area (Å²) in [4.78, 5) is 12.7. The zero-order valence-corrected chi connectivity index (χ0v) is 20.0. The summed E-state index contributed by atoms with van der Waals surface area (Å²) in [5.41, 5.74) is 3.32. The Hall–Kier alpha value is -1.81. The molecule has 3 fully saturated rings. The first-order valence-electron chi connectivity index (χ1n) is 11.8. The Morgan fingerprint density at radius 3 is 2.61 bits per heavy atom. The Balaban J connectivity index is 1.70. The minimum Gasteiger partial charge on any atom is -0.507 e. The van der Waals surface area contributed by atoms with E-state index in [4.69, 9.17) is 9.15 Å². The van der Waals surface area contributed by atoms with Crippen LogP contribution >= 0.6 is 0 Å². The number of ether oxygens (including phenoxy) is 1. The Labute approximate surface area is 186 Å². The largest absolute Gasteiger partial charge is 0.507 e. The number of rotatable bonds is 3. The Morgan fingerprint density at radius 2 is 1.94 bits per heavy atom. The van der Waals surface area contributed by atoms with E-state index in [1.807, 2.05) is 6.92 Å². The summed E-state index contributed by atoms with van der Waals surface area (Å²) >= 11 is 0. The first-order chi connectivity index (χ1) is 14.5. The molecule has 0 spiro atoms. The molecular formula is C27H38O4. The van der Waals surface area contributed by atoms with Crippen molar-refractivity contribution in [2.45, 2.75) is 92.3 Å². The van der Waals surface area contributed by atoms with Crippen LogP contribution in [-0.2, 0) is 11.2 Å². The molecular weight excluding hydrogens is 388 g/mol. The lowest BCUT2D eigenvalue weighted by Gasteiger charge is -2.59. The highest BCUT2D eigenvalue weighted by Crippen LogP contribution is 2.65. The molecule has 2 aliphatic carbocycles. The Kier molecular flexibility index (Phi) is 5.53. The van der Waals surface area contributed by atoms with Gasteiger partial charge in [-0.15, -0.1) is 0 Å². The molecule has 3 aliphatic rings. The van der Waals surface area contributed by atoms with Gasteiger partial charge in [-0.05, 0) is 88.9 Å². The summed E-state index contributed by atoms with van der Waals surface area (Å²) < 4.78 is 12.0. The molecule has 0 bridgehead atoms. The summed E-state index contributed by atoms with van der Waals surface area (Å²) in [5.74, 6) is 1.24. The third-order valence-corrected chi connectivity index (χ3v) is 8.88. The van der Waals surface area contributed by atoms with Gasteiger partial charge in [0.15, 0.2) is 0 Å². The van der Waals surface area contributed by atoms with Crippen molar-refractivity contribution in [3.05, 3.63) is 51.1 Å². The molecule has 1 aromatic rings. The number of hydrogen-bond donors (Lipinski definition) is 1. The van der Waals surface area contributed by atoms with Crippen LogP contribution in [0, 0.1) is 36.5 Å². The van der Waals surface area contributed by atoms with Crippen molar-refractivity contribution in [2.24, 2.45) is 22.7 Å². The molecule has 0 radical (unpaired) electrons. The molecule has 1 saturated heterocycles. The second-order valence-electron chi connectivity index (χ2n) is 11.1. The molecule has 1 aromatic heterocycles. The normalized spacial score (nSPS) is 37.3. The topological polar surface area (TPSA) is 59.7 Å². The van der Waals surface area contributed by atoms with Gasteiger partial charge in [0.25, 0.3) is 0 Å². The fraction of sp³-hybridized carbons (Fsp3) is 0.667. The molecule has 31 heavy (non-hydrogen) atoms. The Morgan fingerprint density at radius 1 is 1.23 bits per heavy atom. The third kappa shape index (κ3) is 3.51. The van der Waals surface area contributed by atoms with Gasteiger partial charge in [0.05, 0.1) is 17.8 Å². The highest BCUT2D eigenvalue weighted by Gasteiger charge is 2.61. The van der Waals surface area contributed by atoms with E-state index in [0.717, 1.165) is 32.1 Å². The summed E-state index contributed by atoms with van der Waals surface area (Å²) in [6.45, 7) is 17.1. The SMILES string of the molecule is C=C1CCC2C3(C)C[C@@H](C=C(C)C)OC3CCC2(C)C1Cc1c(O)c(C)c(C)oc1=O. The van der Waals surface area contributed by atoms with Crippen LogP contribution in [0.2, 0.25) is 0 Å². The quantitative estimate of drug-likeness (QED) is 0.601. The molecule has 6 atom stereocenters. The lowest BCUT2D eigenvalue weighted by molar-refractivity contribution is -0.110. The third-order valence-electron chi connectivity index (χ3n) is 8.88. The molecule has 4 nitrogen and oxygen atoms in total. The molecule has 1 N–H and O–H groups in total. The van der Waals surface area contributed by atoms with Crippen molar-refractivity contribution in [3.8, 4) is 5.75 Å². The van der Waals surface area contributed by atoms with Crippen molar-refractivity contribution in [1.29, 1.82) is 0 Å². The van der Waals surface area contributed by atoms with E-state index in [0.29, 0.717) is 35.3 Å². The van der Waals surface area contributed by atoms with Crippen LogP contribution in [0.4, 0.5) is 0 Å². The minimum absolute atomic E-state index is 0.0292. The van der Waals surface area contributed by atoms with Crippen LogP contribution in [-0.4, -0.2) is 17.3 Å². The number of hydrogen-bond acceptors (Lipinski definition) is 4. The predicted octanol–water partition coefficient (Wildman–Crippen LogP) is 6.02. The lowest BCUT2D eigenvalue weighted by atomic mass is 9.45. The highest BCUT2D eigenvalue weighted by molar-refractivity contribution is 5.40. The van der Waals surface area contributed by atoms with Gasteiger partial charge in [0.1, 0.15) is 11.5 Å². The number of aromatic hydroxyl groups is 1. The molecule has 1 aliphatic heterocycles. The van der Waals surface area contributed by atoms with E-state index >= 15 is 0 Å².